The number of ketones is 1. The Kier molecular flexibility index (Phi) is 5.04. The first-order valence-corrected chi connectivity index (χ1v) is 9.04. The standard InChI is InChI=1S/C20H17N7O3/c21-18(29)17(28)14(8-12-9-25-19-13(12)4-3-7-24-19)26-20(30)15-10-22-11-27(15)16-5-1-2-6-23-16/h1-7,9-11,14H,8H2,(H2,21,29)(H,24,25)(H,26,30). The first-order chi connectivity index (χ1) is 14.5. The number of hydrogen-bond acceptors (Lipinski definition) is 6. The molecule has 4 rings (SSSR count). The predicted octanol–water partition coefficient (Wildman–Crippen LogP) is 0.539. The fourth-order valence-electron chi connectivity index (χ4n) is 3.16. The SMILES string of the molecule is NC(=O)C(=O)C(Cc1c[nH]c2ncccc12)NC(=O)c1cncn1-c1ccccn1. The third kappa shape index (κ3) is 3.65. The summed E-state index contributed by atoms with van der Waals surface area (Å²) in [6, 6.07) is 7.67. The van der Waals surface area contributed by atoms with Crippen LogP contribution in [0.4, 0.5) is 0 Å². The number of Topliss-reactive ketones (excluding diaryl/α,β-unsaturated/α-hetero) is 1. The van der Waals surface area contributed by atoms with Crippen LogP contribution >= 0.6 is 0 Å². The van der Waals surface area contributed by atoms with Gasteiger partial charge in [-0.3, -0.25) is 19.0 Å². The molecule has 4 heterocycles. The number of fused-ring (bicyclic) bond motifs is 1. The Hall–Kier alpha value is -4.34. The van der Waals surface area contributed by atoms with Crippen molar-refractivity contribution in [2.45, 2.75) is 12.5 Å². The van der Waals surface area contributed by atoms with E-state index in [1.54, 1.807) is 42.9 Å². The van der Waals surface area contributed by atoms with Gasteiger partial charge in [-0.05, 0) is 29.8 Å². The van der Waals surface area contributed by atoms with Crippen LogP contribution in [0.15, 0.2) is 61.4 Å². The zero-order valence-corrected chi connectivity index (χ0v) is 15.6. The Morgan fingerprint density at radius 3 is 2.73 bits per heavy atom. The average Bonchev–Trinajstić information content (AvgIpc) is 3.41. The van der Waals surface area contributed by atoms with Crippen molar-refractivity contribution in [1.82, 2.24) is 29.8 Å². The molecule has 0 fully saturated rings. The molecule has 10 heteroatoms. The molecule has 0 radical (unpaired) electrons. The zero-order chi connectivity index (χ0) is 21.1. The molecule has 0 aliphatic heterocycles. The number of aromatic nitrogens is 5. The summed E-state index contributed by atoms with van der Waals surface area (Å²) >= 11 is 0. The van der Waals surface area contributed by atoms with Crippen molar-refractivity contribution in [3.63, 3.8) is 0 Å². The van der Waals surface area contributed by atoms with Crippen LogP contribution in [-0.2, 0) is 16.0 Å². The van der Waals surface area contributed by atoms with E-state index in [4.69, 9.17) is 5.73 Å². The number of primary amides is 1. The number of nitrogens with two attached hydrogens (primary N) is 1. The molecule has 4 aromatic rings. The monoisotopic (exact) mass is 403 g/mol. The number of carbonyl (C=O) groups is 3. The van der Waals surface area contributed by atoms with Crippen LogP contribution < -0.4 is 11.1 Å². The zero-order valence-electron chi connectivity index (χ0n) is 15.6. The largest absolute Gasteiger partial charge is 0.363 e. The van der Waals surface area contributed by atoms with E-state index in [0.29, 0.717) is 11.5 Å². The van der Waals surface area contributed by atoms with Crippen LogP contribution in [0, 0.1) is 0 Å². The third-order valence-electron chi connectivity index (χ3n) is 4.59. The lowest BCUT2D eigenvalue weighted by Gasteiger charge is -2.16. The van der Waals surface area contributed by atoms with Crippen LogP contribution in [0.1, 0.15) is 16.1 Å². The summed E-state index contributed by atoms with van der Waals surface area (Å²) in [5, 5.41) is 3.39. The molecule has 1 atom stereocenters. The smallest absolute Gasteiger partial charge is 0.287 e. The van der Waals surface area contributed by atoms with Crippen molar-refractivity contribution in [1.29, 1.82) is 0 Å². The van der Waals surface area contributed by atoms with E-state index < -0.39 is 23.6 Å². The van der Waals surface area contributed by atoms with Crippen molar-refractivity contribution >= 4 is 28.6 Å². The minimum absolute atomic E-state index is 0.0664. The number of pyridine rings is 2. The van der Waals surface area contributed by atoms with Crippen molar-refractivity contribution in [3.05, 3.63) is 72.7 Å². The van der Waals surface area contributed by atoms with Gasteiger partial charge in [0, 0.05) is 30.4 Å². The maximum absolute atomic E-state index is 12.9. The number of H-pyrrole nitrogens is 1. The Morgan fingerprint density at radius 1 is 1.13 bits per heavy atom. The lowest BCUT2D eigenvalue weighted by molar-refractivity contribution is -0.137. The van der Waals surface area contributed by atoms with E-state index in [1.807, 2.05) is 6.07 Å². The highest BCUT2D eigenvalue weighted by Crippen LogP contribution is 2.18. The molecule has 4 N–H and O–H groups in total. The number of aromatic amines is 1. The van der Waals surface area contributed by atoms with Crippen LogP contribution in [0.3, 0.4) is 0 Å². The highest BCUT2D eigenvalue weighted by atomic mass is 16.2. The van der Waals surface area contributed by atoms with Gasteiger partial charge in [0.1, 0.15) is 29.5 Å². The Labute approximate surface area is 170 Å². The molecule has 0 aliphatic carbocycles. The van der Waals surface area contributed by atoms with Crippen LogP contribution in [-0.4, -0.2) is 48.1 Å². The highest BCUT2D eigenvalue weighted by Gasteiger charge is 2.28. The minimum atomic E-state index is -1.15. The van der Waals surface area contributed by atoms with Gasteiger partial charge in [-0.15, -0.1) is 0 Å². The van der Waals surface area contributed by atoms with Crippen molar-refractivity contribution in [2.75, 3.05) is 0 Å². The van der Waals surface area contributed by atoms with Gasteiger partial charge in [0.2, 0.25) is 5.78 Å². The van der Waals surface area contributed by atoms with Crippen molar-refractivity contribution in [3.8, 4) is 5.82 Å². The first-order valence-electron chi connectivity index (χ1n) is 9.04. The van der Waals surface area contributed by atoms with Gasteiger partial charge in [0.15, 0.2) is 0 Å². The summed E-state index contributed by atoms with van der Waals surface area (Å²) in [6.45, 7) is 0. The lowest BCUT2D eigenvalue weighted by Crippen LogP contribution is -2.47. The van der Waals surface area contributed by atoms with Crippen molar-refractivity contribution in [2.24, 2.45) is 5.73 Å². The summed E-state index contributed by atoms with van der Waals surface area (Å²) < 4.78 is 1.48. The second kappa shape index (κ2) is 7.95. The molecule has 0 saturated heterocycles. The molecular formula is C20H17N7O3. The van der Waals surface area contributed by atoms with Gasteiger partial charge in [0.25, 0.3) is 11.8 Å². The van der Waals surface area contributed by atoms with E-state index in [1.165, 1.54) is 17.1 Å². The molecule has 150 valence electrons. The number of carbonyl (C=O) groups excluding carboxylic acids is 3. The van der Waals surface area contributed by atoms with Crippen LogP contribution in [0.5, 0.6) is 0 Å². The number of amides is 2. The number of hydrogen-bond donors (Lipinski definition) is 3. The maximum Gasteiger partial charge on any atom is 0.287 e. The van der Waals surface area contributed by atoms with Gasteiger partial charge in [-0.1, -0.05) is 6.07 Å². The molecule has 1 unspecified atom stereocenters. The van der Waals surface area contributed by atoms with E-state index in [-0.39, 0.29) is 12.1 Å². The van der Waals surface area contributed by atoms with Crippen LogP contribution in [0.25, 0.3) is 16.9 Å². The summed E-state index contributed by atoms with van der Waals surface area (Å²) in [5.41, 5.74) is 6.72. The Morgan fingerprint density at radius 2 is 1.97 bits per heavy atom. The van der Waals surface area contributed by atoms with E-state index >= 15 is 0 Å². The molecule has 2 amide bonds. The molecular weight excluding hydrogens is 386 g/mol. The summed E-state index contributed by atoms with van der Waals surface area (Å²) in [7, 11) is 0. The topological polar surface area (TPSA) is 149 Å². The van der Waals surface area contributed by atoms with Gasteiger partial charge in [0.05, 0.1) is 6.20 Å². The first kappa shape index (κ1) is 19.0. The molecule has 0 aromatic carbocycles. The number of imidazole rings is 1. The van der Waals surface area contributed by atoms with E-state index in [2.05, 4.69) is 25.3 Å². The quantitative estimate of drug-likeness (QED) is 0.384. The summed E-state index contributed by atoms with van der Waals surface area (Å²) in [6.07, 6.45) is 7.76. The molecule has 10 nitrogen and oxygen atoms in total. The Bertz CT molecular complexity index is 1230. The summed E-state index contributed by atoms with van der Waals surface area (Å²) in [5.74, 6) is -2.13. The molecule has 30 heavy (non-hydrogen) atoms. The number of rotatable bonds is 7. The molecule has 0 saturated carbocycles. The lowest BCUT2D eigenvalue weighted by atomic mass is 10.0. The average molecular weight is 403 g/mol. The van der Waals surface area contributed by atoms with E-state index in [9.17, 15) is 14.4 Å². The maximum atomic E-state index is 12.9. The van der Waals surface area contributed by atoms with Crippen LogP contribution in [0.2, 0.25) is 0 Å². The predicted molar refractivity (Wildman–Crippen MR) is 107 cm³/mol. The minimum Gasteiger partial charge on any atom is -0.363 e. The fraction of sp³-hybridized carbons (Fsp3) is 0.100. The Balaban J connectivity index is 1.62. The normalized spacial score (nSPS) is 11.9. The van der Waals surface area contributed by atoms with Gasteiger partial charge in [-0.2, -0.15) is 0 Å². The van der Waals surface area contributed by atoms with Gasteiger partial charge >= 0.3 is 0 Å². The molecule has 0 bridgehead atoms. The van der Waals surface area contributed by atoms with E-state index in [0.717, 1.165) is 10.9 Å². The third-order valence-corrected chi connectivity index (χ3v) is 4.59. The molecule has 0 spiro atoms. The highest BCUT2D eigenvalue weighted by molar-refractivity contribution is 6.38. The second-order valence-electron chi connectivity index (χ2n) is 6.51. The number of nitrogens with one attached hydrogen (secondary N) is 2. The number of nitrogens with zero attached hydrogens (tertiary/aromatic N) is 4. The summed E-state index contributed by atoms with van der Waals surface area (Å²) in [4.78, 5) is 52.3. The molecule has 4 aromatic heterocycles. The fourth-order valence-corrected chi connectivity index (χ4v) is 3.16. The van der Waals surface area contributed by atoms with Gasteiger partial charge in [-0.25, -0.2) is 15.0 Å². The van der Waals surface area contributed by atoms with Gasteiger partial charge < -0.3 is 16.0 Å². The molecule has 0 aliphatic rings. The second-order valence-corrected chi connectivity index (χ2v) is 6.51. The van der Waals surface area contributed by atoms with Crippen molar-refractivity contribution < 1.29 is 14.4 Å².